The lowest BCUT2D eigenvalue weighted by atomic mass is 10.1. The van der Waals surface area contributed by atoms with E-state index in [4.69, 9.17) is 0 Å². The number of rotatable bonds is 2. The van der Waals surface area contributed by atoms with E-state index in [1.807, 2.05) is 11.0 Å². The van der Waals surface area contributed by atoms with Gasteiger partial charge in [0.1, 0.15) is 5.82 Å². The number of aldehydes is 1. The van der Waals surface area contributed by atoms with Crippen molar-refractivity contribution in [3.63, 3.8) is 0 Å². The standard InChI is InChI=1S/C12H12FNO/c13-11-5-4-6-12(10(11)9-15)14-7-2-1-3-8-14/h1-2,4-6,9H,3,7-8H2. The molecule has 3 heteroatoms. The first-order chi connectivity index (χ1) is 7.33. The van der Waals surface area contributed by atoms with Crippen molar-refractivity contribution in [1.29, 1.82) is 0 Å². The monoisotopic (exact) mass is 205 g/mol. The van der Waals surface area contributed by atoms with Gasteiger partial charge in [0, 0.05) is 13.1 Å². The van der Waals surface area contributed by atoms with Crippen molar-refractivity contribution >= 4 is 12.0 Å². The van der Waals surface area contributed by atoms with E-state index in [-0.39, 0.29) is 5.56 Å². The van der Waals surface area contributed by atoms with Gasteiger partial charge in [-0.1, -0.05) is 18.2 Å². The molecule has 78 valence electrons. The van der Waals surface area contributed by atoms with Crippen LogP contribution in [0.4, 0.5) is 10.1 Å². The van der Waals surface area contributed by atoms with Crippen LogP contribution < -0.4 is 4.90 Å². The lowest BCUT2D eigenvalue weighted by molar-refractivity contribution is 0.112. The molecule has 0 aromatic heterocycles. The topological polar surface area (TPSA) is 20.3 Å². The van der Waals surface area contributed by atoms with E-state index in [0.717, 1.165) is 19.5 Å². The molecule has 0 aliphatic carbocycles. The first-order valence-electron chi connectivity index (χ1n) is 4.96. The summed E-state index contributed by atoms with van der Waals surface area (Å²) in [5, 5.41) is 0. The fourth-order valence-electron chi connectivity index (χ4n) is 1.78. The Morgan fingerprint density at radius 1 is 1.33 bits per heavy atom. The van der Waals surface area contributed by atoms with Crippen LogP contribution in [-0.4, -0.2) is 19.4 Å². The molecule has 1 aromatic carbocycles. The van der Waals surface area contributed by atoms with Crippen LogP contribution >= 0.6 is 0 Å². The number of halogens is 1. The third-order valence-electron chi connectivity index (χ3n) is 2.55. The minimum absolute atomic E-state index is 0.160. The minimum Gasteiger partial charge on any atom is -0.367 e. The van der Waals surface area contributed by atoms with Gasteiger partial charge in [0.15, 0.2) is 6.29 Å². The Balaban J connectivity index is 2.38. The van der Waals surface area contributed by atoms with Crippen LogP contribution in [0, 0.1) is 5.82 Å². The number of hydrogen-bond donors (Lipinski definition) is 0. The van der Waals surface area contributed by atoms with Gasteiger partial charge in [-0.25, -0.2) is 4.39 Å². The number of carbonyl (C=O) groups excluding carboxylic acids is 1. The zero-order chi connectivity index (χ0) is 10.7. The van der Waals surface area contributed by atoms with Crippen molar-refractivity contribution in [2.24, 2.45) is 0 Å². The van der Waals surface area contributed by atoms with Crippen LogP contribution in [0.3, 0.4) is 0 Å². The Labute approximate surface area is 88.0 Å². The number of carbonyl (C=O) groups is 1. The molecule has 0 saturated heterocycles. The van der Waals surface area contributed by atoms with Crippen LogP contribution in [0.2, 0.25) is 0 Å². The molecule has 0 N–H and O–H groups in total. The summed E-state index contributed by atoms with van der Waals surface area (Å²) in [4.78, 5) is 12.8. The highest BCUT2D eigenvalue weighted by Gasteiger charge is 2.14. The van der Waals surface area contributed by atoms with E-state index in [0.29, 0.717) is 12.0 Å². The van der Waals surface area contributed by atoms with Crippen LogP contribution in [0.1, 0.15) is 16.8 Å². The molecular weight excluding hydrogens is 193 g/mol. The van der Waals surface area contributed by atoms with Crippen molar-refractivity contribution in [2.45, 2.75) is 6.42 Å². The third kappa shape index (κ3) is 1.91. The molecule has 0 amide bonds. The van der Waals surface area contributed by atoms with Gasteiger partial charge >= 0.3 is 0 Å². The van der Waals surface area contributed by atoms with Crippen molar-refractivity contribution in [1.82, 2.24) is 0 Å². The molecule has 0 radical (unpaired) electrons. The van der Waals surface area contributed by atoms with E-state index in [9.17, 15) is 9.18 Å². The normalized spacial score (nSPS) is 15.4. The molecule has 0 atom stereocenters. The maximum absolute atomic E-state index is 13.3. The van der Waals surface area contributed by atoms with E-state index < -0.39 is 5.82 Å². The molecule has 0 bridgehead atoms. The molecule has 0 fully saturated rings. The quantitative estimate of drug-likeness (QED) is 0.546. The molecular formula is C12H12FNO. The third-order valence-corrected chi connectivity index (χ3v) is 2.55. The van der Waals surface area contributed by atoms with Gasteiger partial charge in [0.25, 0.3) is 0 Å². The number of hydrogen-bond acceptors (Lipinski definition) is 2. The Morgan fingerprint density at radius 3 is 2.87 bits per heavy atom. The van der Waals surface area contributed by atoms with Gasteiger partial charge in [-0.3, -0.25) is 4.79 Å². The fourth-order valence-corrected chi connectivity index (χ4v) is 1.78. The van der Waals surface area contributed by atoms with Crippen molar-refractivity contribution in [3.05, 3.63) is 41.7 Å². The van der Waals surface area contributed by atoms with E-state index in [2.05, 4.69) is 6.08 Å². The van der Waals surface area contributed by atoms with Gasteiger partial charge < -0.3 is 4.90 Å². The van der Waals surface area contributed by atoms with E-state index in [1.165, 1.54) is 6.07 Å². The predicted octanol–water partition coefficient (Wildman–Crippen LogP) is 2.40. The summed E-state index contributed by atoms with van der Waals surface area (Å²) in [6.45, 7) is 1.57. The average Bonchev–Trinajstić information content (AvgIpc) is 2.30. The summed E-state index contributed by atoms with van der Waals surface area (Å²) in [6, 6.07) is 4.73. The molecule has 0 saturated carbocycles. The van der Waals surface area contributed by atoms with E-state index >= 15 is 0 Å². The van der Waals surface area contributed by atoms with Crippen molar-refractivity contribution in [2.75, 3.05) is 18.0 Å². The predicted molar refractivity (Wildman–Crippen MR) is 57.8 cm³/mol. The summed E-state index contributed by atoms with van der Waals surface area (Å²) >= 11 is 0. The maximum atomic E-state index is 13.3. The largest absolute Gasteiger partial charge is 0.367 e. The van der Waals surface area contributed by atoms with Gasteiger partial charge in [-0.2, -0.15) is 0 Å². The lowest BCUT2D eigenvalue weighted by Crippen LogP contribution is -2.27. The SMILES string of the molecule is O=Cc1c(F)cccc1N1CC=CCC1. The van der Waals surface area contributed by atoms with Crippen LogP contribution in [0.25, 0.3) is 0 Å². The Hall–Kier alpha value is -1.64. The number of nitrogens with zero attached hydrogens (tertiary/aromatic N) is 1. The number of benzene rings is 1. The first kappa shape index (κ1) is 9.90. The zero-order valence-corrected chi connectivity index (χ0v) is 8.32. The van der Waals surface area contributed by atoms with Crippen LogP contribution in [-0.2, 0) is 0 Å². The van der Waals surface area contributed by atoms with Gasteiger partial charge in [-0.05, 0) is 18.6 Å². The fraction of sp³-hybridized carbons (Fsp3) is 0.250. The second-order valence-electron chi connectivity index (χ2n) is 3.50. The van der Waals surface area contributed by atoms with Crippen LogP contribution in [0.5, 0.6) is 0 Å². The molecule has 1 aliphatic heterocycles. The Morgan fingerprint density at radius 2 is 2.20 bits per heavy atom. The second-order valence-corrected chi connectivity index (χ2v) is 3.50. The smallest absolute Gasteiger partial charge is 0.155 e. The summed E-state index contributed by atoms with van der Waals surface area (Å²) < 4.78 is 13.3. The molecule has 0 unspecified atom stereocenters. The Kier molecular flexibility index (Phi) is 2.81. The molecule has 2 rings (SSSR count). The molecule has 1 heterocycles. The van der Waals surface area contributed by atoms with Crippen molar-refractivity contribution < 1.29 is 9.18 Å². The van der Waals surface area contributed by atoms with Gasteiger partial charge in [0.05, 0.1) is 11.3 Å². The summed E-state index contributed by atoms with van der Waals surface area (Å²) in [6.07, 6.45) is 5.65. The highest BCUT2D eigenvalue weighted by molar-refractivity contribution is 5.85. The van der Waals surface area contributed by atoms with Crippen molar-refractivity contribution in [3.8, 4) is 0 Å². The molecule has 1 aliphatic rings. The summed E-state index contributed by atoms with van der Waals surface area (Å²) in [5.74, 6) is -0.447. The van der Waals surface area contributed by atoms with Crippen LogP contribution in [0.15, 0.2) is 30.4 Å². The molecule has 1 aromatic rings. The van der Waals surface area contributed by atoms with E-state index in [1.54, 1.807) is 12.1 Å². The van der Waals surface area contributed by atoms with Gasteiger partial charge in [-0.15, -0.1) is 0 Å². The lowest BCUT2D eigenvalue weighted by Gasteiger charge is -2.26. The summed E-state index contributed by atoms with van der Waals surface area (Å²) in [5.41, 5.74) is 0.849. The van der Waals surface area contributed by atoms with Gasteiger partial charge in [0.2, 0.25) is 0 Å². The number of anilines is 1. The average molecular weight is 205 g/mol. The Bertz CT molecular complexity index is 401. The molecule has 2 nitrogen and oxygen atoms in total. The highest BCUT2D eigenvalue weighted by Crippen LogP contribution is 2.23. The molecule has 0 spiro atoms. The highest BCUT2D eigenvalue weighted by atomic mass is 19.1. The summed E-state index contributed by atoms with van der Waals surface area (Å²) in [7, 11) is 0. The second kappa shape index (κ2) is 4.26. The zero-order valence-electron chi connectivity index (χ0n) is 8.32. The molecule has 15 heavy (non-hydrogen) atoms. The maximum Gasteiger partial charge on any atom is 0.155 e. The minimum atomic E-state index is -0.447. The first-order valence-corrected chi connectivity index (χ1v) is 4.96.